The van der Waals surface area contributed by atoms with Crippen LogP contribution in [0, 0.1) is 51.2 Å². The second kappa shape index (κ2) is 8.14. The van der Waals surface area contributed by atoms with Gasteiger partial charge in [0.2, 0.25) is 0 Å². The third-order valence-corrected chi connectivity index (χ3v) is 12.0. The predicted octanol–water partition coefficient (Wildman–Crippen LogP) is 7.09. The van der Waals surface area contributed by atoms with Crippen LogP contribution in [0.5, 0.6) is 0 Å². The lowest BCUT2D eigenvalue weighted by Crippen LogP contribution is -2.61. The van der Waals surface area contributed by atoms with E-state index in [-0.39, 0.29) is 18.0 Å². The number of hydrogen-bond acceptors (Lipinski definition) is 2. The largest absolute Gasteiger partial charge is 0.483 e. The van der Waals surface area contributed by atoms with Crippen LogP contribution >= 0.6 is 0 Å². The van der Waals surface area contributed by atoms with Crippen LogP contribution < -0.4 is 0 Å². The zero-order valence-electron chi connectivity index (χ0n) is 21.5. The number of aliphatic hydroxyl groups excluding tert-OH is 1. The minimum absolute atomic E-state index is 0.0708. The zero-order chi connectivity index (χ0) is 23.5. The van der Waals surface area contributed by atoms with Crippen LogP contribution in [0.3, 0.4) is 0 Å². The highest BCUT2D eigenvalue weighted by Crippen LogP contribution is 2.71. The van der Waals surface area contributed by atoms with Gasteiger partial charge in [-0.25, -0.2) is 0 Å². The smallest absolute Gasteiger partial charge is 0.290 e. The molecule has 0 radical (unpaired) electrons. The molecule has 0 aromatic heterocycles. The van der Waals surface area contributed by atoms with Crippen molar-refractivity contribution in [3.05, 3.63) is 11.6 Å². The van der Waals surface area contributed by atoms with Crippen LogP contribution in [0.4, 0.5) is 0 Å². The van der Waals surface area contributed by atoms with Gasteiger partial charge in [0, 0.05) is 0 Å². The number of carboxylic acid groups (broad SMARTS) is 1. The summed E-state index contributed by atoms with van der Waals surface area (Å²) in [6, 6.07) is 0. The summed E-state index contributed by atoms with van der Waals surface area (Å²) in [5.74, 6) is 4.03. The maximum atomic E-state index is 10.8. The van der Waals surface area contributed by atoms with Gasteiger partial charge in [-0.2, -0.15) is 0 Å². The maximum absolute atomic E-state index is 10.8. The van der Waals surface area contributed by atoms with Crippen molar-refractivity contribution in [1.29, 1.82) is 0 Å². The summed E-state index contributed by atoms with van der Waals surface area (Å²) in [7, 11) is 0. The molecule has 9 atom stereocenters. The summed E-state index contributed by atoms with van der Waals surface area (Å²) in [4.78, 5) is 8.36. The molecule has 0 spiro atoms. The third-order valence-electron chi connectivity index (χ3n) is 12.0. The van der Waals surface area contributed by atoms with Crippen LogP contribution in [0.2, 0.25) is 0 Å². The molecular weight excluding hydrogens is 396 g/mol. The molecular formula is C29H48O3. The number of hydrogen-bond donors (Lipinski definition) is 2. The summed E-state index contributed by atoms with van der Waals surface area (Å²) in [5, 5.41) is 17.7. The van der Waals surface area contributed by atoms with Crippen LogP contribution in [0.15, 0.2) is 11.6 Å². The van der Waals surface area contributed by atoms with Gasteiger partial charge in [0.15, 0.2) is 0 Å². The Hall–Kier alpha value is -0.830. The first-order valence-electron chi connectivity index (χ1n) is 13.4. The van der Waals surface area contributed by atoms with Crippen molar-refractivity contribution in [2.75, 3.05) is 0 Å². The van der Waals surface area contributed by atoms with Gasteiger partial charge in [0.25, 0.3) is 6.47 Å². The fourth-order valence-electron chi connectivity index (χ4n) is 10.5. The van der Waals surface area contributed by atoms with E-state index >= 15 is 0 Å². The molecule has 9 unspecified atom stereocenters. The molecule has 4 fully saturated rings. The average Bonchev–Trinajstić information content (AvgIpc) is 2.71. The van der Waals surface area contributed by atoms with E-state index in [1.807, 2.05) is 5.57 Å². The Kier molecular flexibility index (Phi) is 6.18. The summed E-state index contributed by atoms with van der Waals surface area (Å²) >= 11 is 0. The minimum atomic E-state index is -0.250. The predicted molar refractivity (Wildman–Crippen MR) is 130 cm³/mol. The standard InChI is InChI=1S/C28H46O.CH2O2/c1-18-8-7-14-26(4)15-11-20-19(24(18)26)9-10-22-27(20,5)16-12-21-25(2,3)23(29)13-17-28(21,22)6;2-1-3/h9,18,20-24,29H,7-8,10-17H2,1-6H3;1H,(H,2,3). The number of fused-ring (bicyclic) bond motifs is 7. The molecule has 3 nitrogen and oxygen atoms in total. The molecule has 2 N–H and O–H groups in total. The lowest BCUT2D eigenvalue weighted by atomic mass is 9.37. The van der Waals surface area contributed by atoms with Gasteiger partial charge >= 0.3 is 0 Å². The number of aliphatic hydroxyl groups is 1. The van der Waals surface area contributed by atoms with E-state index in [0.717, 1.165) is 30.1 Å². The quantitative estimate of drug-likeness (QED) is 0.310. The highest BCUT2D eigenvalue weighted by Gasteiger charge is 2.64. The molecule has 3 heteroatoms. The van der Waals surface area contributed by atoms with Crippen molar-refractivity contribution in [2.45, 2.75) is 112 Å². The number of carbonyl (C=O) groups is 1. The van der Waals surface area contributed by atoms with Gasteiger partial charge < -0.3 is 10.2 Å². The van der Waals surface area contributed by atoms with Crippen LogP contribution in [0.25, 0.3) is 0 Å². The first-order valence-corrected chi connectivity index (χ1v) is 13.4. The van der Waals surface area contributed by atoms with E-state index < -0.39 is 0 Å². The summed E-state index contributed by atoms with van der Waals surface area (Å²) in [6.45, 7) is 15.0. The first kappa shape index (κ1) is 24.3. The summed E-state index contributed by atoms with van der Waals surface area (Å²) in [5.41, 5.74) is 3.42. The number of allylic oxidation sites excluding steroid dienone is 2. The topological polar surface area (TPSA) is 57.5 Å². The molecule has 0 aliphatic heterocycles. The molecule has 182 valence electrons. The average molecular weight is 445 g/mol. The molecule has 4 saturated carbocycles. The van der Waals surface area contributed by atoms with Crippen molar-refractivity contribution in [3.63, 3.8) is 0 Å². The Morgan fingerprint density at radius 1 is 0.906 bits per heavy atom. The molecule has 0 saturated heterocycles. The maximum Gasteiger partial charge on any atom is 0.290 e. The van der Waals surface area contributed by atoms with Gasteiger partial charge in [-0.3, -0.25) is 4.79 Å². The van der Waals surface area contributed by atoms with Gasteiger partial charge in [-0.15, -0.1) is 0 Å². The normalized spacial score (nSPS) is 51.4. The SMILES string of the molecule is CC1CCCC2(C)CCC3C(=CCC4C3(C)CCC3C(C)(C)C(O)CCC34C)C12.O=CO. The van der Waals surface area contributed by atoms with Crippen LogP contribution in [-0.4, -0.2) is 22.8 Å². The van der Waals surface area contributed by atoms with E-state index in [1.54, 1.807) is 0 Å². The van der Waals surface area contributed by atoms with E-state index in [9.17, 15) is 5.11 Å². The van der Waals surface area contributed by atoms with Gasteiger partial charge in [0.1, 0.15) is 0 Å². The van der Waals surface area contributed by atoms with Crippen molar-refractivity contribution < 1.29 is 15.0 Å². The minimum Gasteiger partial charge on any atom is -0.483 e. The molecule has 0 heterocycles. The molecule has 32 heavy (non-hydrogen) atoms. The van der Waals surface area contributed by atoms with Gasteiger partial charge in [0.05, 0.1) is 6.10 Å². The Bertz CT molecular complexity index is 756. The van der Waals surface area contributed by atoms with Gasteiger partial charge in [-0.05, 0) is 103 Å². The molecule has 5 aliphatic carbocycles. The summed E-state index contributed by atoms with van der Waals surface area (Å²) < 4.78 is 0. The number of rotatable bonds is 0. The van der Waals surface area contributed by atoms with E-state index in [0.29, 0.717) is 22.2 Å². The fraction of sp³-hybridized carbons (Fsp3) is 0.897. The lowest BCUT2D eigenvalue weighted by Gasteiger charge is -2.68. The van der Waals surface area contributed by atoms with Crippen molar-refractivity contribution in [1.82, 2.24) is 0 Å². The zero-order valence-corrected chi connectivity index (χ0v) is 21.5. The van der Waals surface area contributed by atoms with E-state index in [2.05, 4.69) is 47.6 Å². The highest BCUT2D eigenvalue weighted by molar-refractivity contribution is 5.32. The van der Waals surface area contributed by atoms with Gasteiger partial charge in [-0.1, -0.05) is 66.0 Å². The van der Waals surface area contributed by atoms with Crippen molar-refractivity contribution >= 4 is 6.47 Å². The Labute approximate surface area is 196 Å². The lowest BCUT2D eigenvalue weighted by molar-refractivity contribution is -0.185. The second-order valence-electron chi connectivity index (χ2n) is 13.7. The summed E-state index contributed by atoms with van der Waals surface area (Å²) in [6.07, 6.45) is 16.2. The van der Waals surface area contributed by atoms with E-state index in [4.69, 9.17) is 9.90 Å². The monoisotopic (exact) mass is 444 g/mol. The third kappa shape index (κ3) is 3.35. The fourth-order valence-corrected chi connectivity index (χ4v) is 10.5. The molecule has 0 amide bonds. The molecule has 0 aromatic carbocycles. The Morgan fingerprint density at radius 2 is 1.56 bits per heavy atom. The molecule has 5 rings (SSSR count). The van der Waals surface area contributed by atoms with Crippen molar-refractivity contribution in [3.8, 4) is 0 Å². The Morgan fingerprint density at radius 3 is 2.25 bits per heavy atom. The van der Waals surface area contributed by atoms with Crippen molar-refractivity contribution in [2.24, 2.45) is 51.2 Å². The molecule has 5 aliphatic rings. The highest BCUT2D eigenvalue weighted by atomic mass is 16.3. The molecule has 0 bridgehead atoms. The first-order chi connectivity index (χ1) is 15.0. The van der Waals surface area contributed by atoms with E-state index in [1.165, 1.54) is 57.8 Å². The van der Waals surface area contributed by atoms with Crippen LogP contribution in [-0.2, 0) is 4.79 Å². The second-order valence-corrected chi connectivity index (χ2v) is 13.7. The Balaban J connectivity index is 0.000000775. The van der Waals surface area contributed by atoms with Crippen LogP contribution in [0.1, 0.15) is 106 Å². The molecule has 0 aromatic rings.